The molecular formula is C16H20ClNO. The maximum Gasteiger partial charge on any atom is 0.106 e. The van der Waals surface area contributed by atoms with Crippen molar-refractivity contribution in [3.05, 3.63) is 58.0 Å². The summed E-state index contributed by atoms with van der Waals surface area (Å²) < 4.78 is 5.65. The molecule has 0 bridgehead atoms. The molecule has 102 valence electrons. The Morgan fingerprint density at radius 1 is 1.21 bits per heavy atom. The van der Waals surface area contributed by atoms with Crippen molar-refractivity contribution >= 4 is 11.6 Å². The molecule has 1 unspecified atom stereocenters. The number of halogens is 1. The molecule has 19 heavy (non-hydrogen) atoms. The third kappa shape index (κ3) is 3.20. The van der Waals surface area contributed by atoms with Gasteiger partial charge < -0.3 is 9.73 Å². The maximum absolute atomic E-state index is 6.34. The van der Waals surface area contributed by atoms with Gasteiger partial charge in [0.25, 0.3) is 0 Å². The van der Waals surface area contributed by atoms with Gasteiger partial charge in [-0.3, -0.25) is 0 Å². The van der Waals surface area contributed by atoms with Crippen molar-refractivity contribution in [3.8, 4) is 0 Å². The molecule has 2 nitrogen and oxygen atoms in total. The van der Waals surface area contributed by atoms with Gasteiger partial charge in [0.2, 0.25) is 0 Å². The molecule has 1 N–H and O–H groups in total. The van der Waals surface area contributed by atoms with Gasteiger partial charge >= 0.3 is 0 Å². The van der Waals surface area contributed by atoms with Gasteiger partial charge in [-0.05, 0) is 44.5 Å². The molecule has 3 heteroatoms. The fourth-order valence-electron chi connectivity index (χ4n) is 2.32. The van der Waals surface area contributed by atoms with Crippen LogP contribution >= 0.6 is 11.6 Å². The summed E-state index contributed by atoms with van der Waals surface area (Å²) in [4.78, 5) is 0. The van der Waals surface area contributed by atoms with Crippen molar-refractivity contribution in [1.29, 1.82) is 0 Å². The van der Waals surface area contributed by atoms with E-state index in [-0.39, 0.29) is 6.04 Å². The first kappa shape index (κ1) is 14.2. The highest BCUT2D eigenvalue weighted by atomic mass is 35.5. The normalized spacial score (nSPS) is 12.6. The smallest absolute Gasteiger partial charge is 0.106 e. The predicted octanol–water partition coefficient (Wildman–Crippen LogP) is 4.64. The summed E-state index contributed by atoms with van der Waals surface area (Å²) in [5, 5.41) is 4.34. The largest absolute Gasteiger partial charge is 0.466 e. The van der Waals surface area contributed by atoms with Gasteiger partial charge in [0.1, 0.15) is 11.5 Å². The minimum absolute atomic E-state index is 0.0890. The number of benzene rings is 1. The monoisotopic (exact) mass is 277 g/mol. The molecule has 2 rings (SSSR count). The molecule has 2 aromatic rings. The second kappa shape index (κ2) is 6.27. The molecule has 0 amide bonds. The van der Waals surface area contributed by atoms with E-state index < -0.39 is 0 Å². The van der Waals surface area contributed by atoms with Crippen LogP contribution in [0.3, 0.4) is 0 Å². The second-order valence-corrected chi connectivity index (χ2v) is 5.18. The van der Waals surface area contributed by atoms with E-state index in [4.69, 9.17) is 16.0 Å². The van der Waals surface area contributed by atoms with Gasteiger partial charge in [0.15, 0.2) is 0 Å². The van der Waals surface area contributed by atoms with Crippen LogP contribution in [0.25, 0.3) is 0 Å². The van der Waals surface area contributed by atoms with Crippen LogP contribution in [-0.2, 0) is 0 Å². The Morgan fingerprint density at radius 2 is 1.95 bits per heavy atom. The van der Waals surface area contributed by atoms with E-state index in [2.05, 4.69) is 24.4 Å². The first-order chi connectivity index (χ1) is 9.13. The van der Waals surface area contributed by atoms with E-state index in [1.54, 1.807) is 0 Å². The number of rotatable bonds is 5. The molecule has 0 radical (unpaired) electrons. The average molecular weight is 278 g/mol. The standard InChI is InChI=1S/C16H20ClNO/c1-4-9-18-16(13-7-5-6-8-15(13)17)14-10-11(2)19-12(14)3/h5-8,10,16,18H,4,9H2,1-3H3. The molecule has 1 atom stereocenters. The molecule has 0 saturated carbocycles. The first-order valence-corrected chi connectivity index (χ1v) is 7.06. The fourth-order valence-corrected chi connectivity index (χ4v) is 2.57. The zero-order valence-electron chi connectivity index (χ0n) is 11.7. The minimum Gasteiger partial charge on any atom is -0.466 e. The van der Waals surface area contributed by atoms with Crippen molar-refractivity contribution in [2.24, 2.45) is 0 Å². The molecule has 0 aliphatic rings. The Hall–Kier alpha value is -1.25. The van der Waals surface area contributed by atoms with Crippen molar-refractivity contribution in [3.63, 3.8) is 0 Å². The molecule has 1 aromatic carbocycles. The van der Waals surface area contributed by atoms with E-state index in [0.717, 1.165) is 35.1 Å². The van der Waals surface area contributed by atoms with Crippen LogP contribution in [0.4, 0.5) is 0 Å². The Kier molecular flexibility index (Phi) is 4.67. The van der Waals surface area contributed by atoms with Gasteiger partial charge in [0, 0.05) is 10.6 Å². The minimum atomic E-state index is 0.0890. The van der Waals surface area contributed by atoms with Gasteiger partial charge in [-0.1, -0.05) is 36.7 Å². The van der Waals surface area contributed by atoms with Crippen LogP contribution in [0.2, 0.25) is 5.02 Å². The lowest BCUT2D eigenvalue weighted by Gasteiger charge is -2.19. The predicted molar refractivity (Wildman–Crippen MR) is 79.8 cm³/mol. The van der Waals surface area contributed by atoms with Crippen LogP contribution < -0.4 is 5.32 Å². The number of nitrogens with one attached hydrogen (secondary N) is 1. The molecule has 1 heterocycles. The van der Waals surface area contributed by atoms with E-state index in [1.807, 2.05) is 32.0 Å². The van der Waals surface area contributed by atoms with Crippen LogP contribution in [0.15, 0.2) is 34.7 Å². The third-order valence-electron chi connectivity index (χ3n) is 3.21. The molecule has 0 saturated heterocycles. The summed E-state index contributed by atoms with van der Waals surface area (Å²) >= 11 is 6.34. The highest BCUT2D eigenvalue weighted by Gasteiger charge is 2.20. The van der Waals surface area contributed by atoms with E-state index in [0.29, 0.717) is 0 Å². The summed E-state index contributed by atoms with van der Waals surface area (Å²) in [7, 11) is 0. The Labute approximate surface area is 119 Å². The molecule has 0 spiro atoms. The SMILES string of the molecule is CCCNC(c1ccccc1Cl)c1cc(C)oc1C. The van der Waals surface area contributed by atoms with E-state index in [9.17, 15) is 0 Å². The summed E-state index contributed by atoms with van der Waals surface area (Å²) in [5.74, 6) is 1.88. The number of hydrogen-bond donors (Lipinski definition) is 1. The number of furan rings is 1. The highest BCUT2D eigenvalue weighted by Crippen LogP contribution is 2.31. The lowest BCUT2D eigenvalue weighted by Crippen LogP contribution is -2.23. The topological polar surface area (TPSA) is 25.2 Å². The van der Waals surface area contributed by atoms with Crippen LogP contribution in [0.1, 0.15) is 42.0 Å². The highest BCUT2D eigenvalue weighted by molar-refractivity contribution is 6.31. The Balaban J connectivity index is 2.41. The second-order valence-electron chi connectivity index (χ2n) is 4.78. The molecule has 0 fully saturated rings. The van der Waals surface area contributed by atoms with Crippen LogP contribution in [0, 0.1) is 13.8 Å². The quantitative estimate of drug-likeness (QED) is 0.861. The molecule has 0 aliphatic heterocycles. The van der Waals surface area contributed by atoms with Crippen molar-refractivity contribution in [2.45, 2.75) is 33.2 Å². The number of aryl methyl sites for hydroxylation is 2. The van der Waals surface area contributed by atoms with E-state index in [1.165, 1.54) is 5.56 Å². The fraction of sp³-hybridized carbons (Fsp3) is 0.375. The van der Waals surface area contributed by atoms with Crippen LogP contribution in [-0.4, -0.2) is 6.54 Å². The van der Waals surface area contributed by atoms with Crippen LogP contribution in [0.5, 0.6) is 0 Å². The average Bonchev–Trinajstić information content (AvgIpc) is 2.71. The molecular weight excluding hydrogens is 258 g/mol. The molecule has 0 aliphatic carbocycles. The Bertz CT molecular complexity index is 547. The summed E-state index contributed by atoms with van der Waals surface area (Å²) in [6.45, 7) is 7.07. The lowest BCUT2D eigenvalue weighted by molar-refractivity contribution is 0.493. The van der Waals surface area contributed by atoms with Gasteiger partial charge in [0.05, 0.1) is 6.04 Å². The maximum atomic E-state index is 6.34. The number of hydrogen-bond acceptors (Lipinski definition) is 2. The van der Waals surface area contributed by atoms with Gasteiger partial charge in [-0.25, -0.2) is 0 Å². The summed E-state index contributed by atoms with van der Waals surface area (Å²) in [6, 6.07) is 10.1. The zero-order chi connectivity index (χ0) is 13.8. The van der Waals surface area contributed by atoms with E-state index >= 15 is 0 Å². The third-order valence-corrected chi connectivity index (χ3v) is 3.55. The Morgan fingerprint density at radius 3 is 2.53 bits per heavy atom. The first-order valence-electron chi connectivity index (χ1n) is 6.68. The van der Waals surface area contributed by atoms with Gasteiger partial charge in [-0.15, -0.1) is 0 Å². The zero-order valence-corrected chi connectivity index (χ0v) is 12.4. The van der Waals surface area contributed by atoms with Crippen molar-refractivity contribution in [1.82, 2.24) is 5.32 Å². The van der Waals surface area contributed by atoms with Gasteiger partial charge in [-0.2, -0.15) is 0 Å². The summed E-state index contributed by atoms with van der Waals surface area (Å²) in [6.07, 6.45) is 1.08. The van der Waals surface area contributed by atoms with Crippen molar-refractivity contribution < 1.29 is 4.42 Å². The summed E-state index contributed by atoms with van der Waals surface area (Å²) in [5.41, 5.74) is 2.26. The molecule has 1 aromatic heterocycles. The van der Waals surface area contributed by atoms with Crippen molar-refractivity contribution in [2.75, 3.05) is 6.54 Å². The lowest BCUT2D eigenvalue weighted by atomic mass is 9.98.